The molecular formula is C16H24N2O5Se. The molecule has 0 radical (unpaired) electrons. The van der Waals surface area contributed by atoms with Crippen molar-refractivity contribution in [3.63, 3.8) is 0 Å². The molecule has 0 aliphatic heterocycles. The van der Waals surface area contributed by atoms with Crippen molar-refractivity contribution in [1.82, 2.24) is 10.6 Å². The maximum absolute atomic E-state index is 12.3. The molecule has 0 fully saturated rings. The van der Waals surface area contributed by atoms with Crippen LogP contribution in [0.15, 0.2) is 30.3 Å². The van der Waals surface area contributed by atoms with Gasteiger partial charge in [0.25, 0.3) is 0 Å². The Morgan fingerprint density at radius 1 is 1.25 bits per heavy atom. The number of hydrogen-bond acceptors (Lipinski definition) is 5. The zero-order chi connectivity index (χ0) is 18.0. The van der Waals surface area contributed by atoms with E-state index >= 15 is 0 Å². The predicted molar refractivity (Wildman–Crippen MR) is 90.6 cm³/mol. The minimum absolute atomic E-state index is 0.307. The van der Waals surface area contributed by atoms with Crippen LogP contribution in [0.5, 0.6) is 0 Å². The van der Waals surface area contributed by atoms with Gasteiger partial charge in [-0.2, -0.15) is 0 Å². The molecule has 0 bridgehead atoms. The molecule has 0 unspecified atom stereocenters. The van der Waals surface area contributed by atoms with Gasteiger partial charge in [-0.05, 0) is 0 Å². The Labute approximate surface area is 148 Å². The van der Waals surface area contributed by atoms with Crippen LogP contribution in [0.4, 0.5) is 4.79 Å². The van der Waals surface area contributed by atoms with Crippen LogP contribution in [0.25, 0.3) is 0 Å². The van der Waals surface area contributed by atoms with E-state index < -0.39 is 17.7 Å². The van der Waals surface area contributed by atoms with Crippen molar-refractivity contribution in [3.05, 3.63) is 35.9 Å². The van der Waals surface area contributed by atoms with E-state index in [2.05, 4.69) is 14.6 Å². The molecule has 0 aliphatic rings. The van der Waals surface area contributed by atoms with Gasteiger partial charge in [-0.1, -0.05) is 0 Å². The van der Waals surface area contributed by atoms with Gasteiger partial charge >= 0.3 is 148 Å². The Balaban J connectivity index is 2.67. The van der Waals surface area contributed by atoms with Gasteiger partial charge in [-0.15, -0.1) is 0 Å². The summed E-state index contributed by atoms with van der Waals surface area (Å²) in [6.07, 6.45) is -0.283. The van der Waals surface area contributed by atoms with E-state index in [1.807, 2.05) is 30.3 Å². The molecule has 1 aromatic rings. The topological polar surface area (TPSA) is 96.9 Å². The van der Waals surface area contributed by atoms with Crippen molar-refractivity contribution in [3.8, 4) is 0 Å². The third kappa shape index (κ3) is 8.88. The molecule has 2 amide bonds. The van der Waals surface area contributed by atoms with Crippen LogP contribution in [0, 0.1) is 0 Å². The Morgan fingerprint density at radius 2 is 1.92 bits per heavy atom. The molecule has 0 saturated carbocycles. The van der Waals surface area contributed by atoms with Crippen LogP contribution in [0.1, 0.15) is 26.3 Å². The molecule has 1 atom stereocenters. The first kappa shape index (κ1) is 20.4. The molecule has 0 spiro atoms. The maximum atomic E-state index is 12.3. The van der Waals surface area contributed by atoms with Crippen molar-refractivity contribution in [2.45, 2.75) is 44.2 Å². The van der Waals surface area contributed by atoms with Gasteiger partial charge in [-0.25, -0.2) is 0 Å². The van der Waals surface area contributed by atoms with Gasteiger partial charge in [0.2, 0.25) is 0 Å². The molecule has 3 N–H and O–H groups in total. The fraction of sp³-hybridized carbons (Fsp3) is 0.500. The molecular weight excluding hydrogens is 379 g/mol. The quantitative estimate of drug-likeness (QED) is 0.266. The first-order valence-corrected chi connectivity index (χ1v) is 9.47. The second kappa shape index (κ2) is 10.3. The standard InChI is InChI=1S/C16H24N2O5Se/c1-16(2,3)22-15(20)18-13(11-12-7-5-4-6-8-12)14(19)17-9-10-24-23-21/h4-8,13,21H,9-11H2,1-3H3,(H,17,19)(H,18,20)/t13-/m0/s1. The first-order valence-electron chi connectivity index (χ1n) is 7.56. The van der Waals surface area contributed by atoms with Gasteiger partial charge in [-0.3, -0.25) is 0 Å². The molecule has 0 aliphatic carbocycles. The Morgan fingerprint density at radius 3 is 2.50 bits per heavy atom. The third-order valence-electron chi connectivity index (χ3n) is 2.83. The number of ether oxygens (including phenoxy) is 1. The molecule has 0 saturated heterocycles. The normalized spacial score (nSPS) is 12.3. The summed E-state index contributed by atoms with van der Waals surface area (Å²) >= 11 is -0.388. The Kier molecular flexibility index (Phi) is 8.78. The monoisotopic (exact) mass is 404 g/mol. The molecule has 8 heteroatoms. The van der Waals surface area contributed by atoms with Crippen LogP contribution in [0.3, 0.4) is 0 Å². The van der Waals surface area contributed by atoms with Crippen LogP contribution >= 0.6 is 0 Å². The van der Waals surface area contributed by atoms with Gasteiger partial charge in [0, 0.05) is 0 Å². The number of benzene rings is 1. The number of rotatable bonds is 8. The van der Waals surface area contributed by atoms with E-state index in [1.165, 1.54) is 0 Å². The second-order valence-corrected chi connectivity index (χ2v) is 7.74. The Hall–Kier alpha value is -1.60. The fourth-order valence-corrected chi connectivity index (χ4v) is 2.43. The fourth-order valence-electron chi connectivity index (χ4n) is 1.89. The summed E-state index contributed by atoms with van der Waals surface area (Å²) in [5.74, 6) is -0.307. The van der Waals surface area contributed by atoms with E-state index in [0.717, 1.165) is 5.56 Å². The van der Waals surface area contributed by atoms with Gasteiger partial charge in [0.05, 0.1) is 0 Å². The molecule has 7 nitrogen and oxygen atoms in total. The second-order valence-electron chi connectivity index (χ2n) is 6.08. The summed E-state index contributed by atoms with van der Waals surface area (Å²) in [4.78, 5) is 24.3. The van der Waals surface area contributed by atoms with Crippen molar-refractivity contribution in [2.75, 3.05) is 6.54 Å². The first-order chi connectivity index (χ1) is 11.3. The van der Waals surface area contributed by atoms with E-state index in [4.69, 9.17) is 9.99 Å². The van der Waals surface area contributed by atoms with Crippen molar-refractivity contribution >= 4 is 27.3 Å². The Bertz CT molecular complexity index is 519. The van der Waals surface area contributed by atoms with E-state index in [9.17, 15) is 9.59 Å². The van der Waals surface area contributed by atoms with Crippen LogP contribution in [-0.2, 0) is 19.9 Å². The summed E-state index contributed by atoms with van der Waals surface area (Å²) in [5.41, 5.74) is 0.287. The van der Waals surface area contributed by atoms with Crippen LogP contribution < -0.4 is 10.6 Å². The summed E-state index contributed by atoms with van der Waals surface area (Å²) in [6.45, 7) is 5.64. The number of hydrogen-bond donors (Lipinski definition) is 3. The van der Waals surface area contributed by atoms with E-state index in [-0.39, 0.29) is 21.2 Å². The minimum atomic E-state index is -0.746. The SMILES string of the molecule is CC(C)(C)OC(=O)N[C@@H](Cc1ccccc1)C(=O)NCC[Se]OO. The molecule has 1 aromatic carbocycles. The van der Waals surface area contributed by atoms with Crippen molar-refractivity contribution in [1.29, 1.82) is 0 Å². The molecule has 0 heterocycles. The molecule has 134 valence electrons. The molecule has 1 rings (SSSR count). The van der Waals surface area contributed by atoms with Crippen LogP contribution in [0.2, 0.25) is 5.32 Å². The number of nitrogens with one attached hydrogen (secondary N) is 2. The zero-order valence-electron chi connectivity index (χ0n) is 14.1. The van der Waals surface area contributed by atoms with Crippen molar-refractivity contribution in [2.24, 2.45) is 0 Å². The summed E-state index contributed by atoms with van der Waals surface area (Å²) in [6, 6.07) is 8.67. The number of alkyl carbamates (subject to hydrolysis) is 1. The van der Waals surface area contributed by atoms with E-state index in [0.29, 0.717) is 18.3 Å². The van der Waals surface area contributed by atoms with Crippen LogP contribution in [-0.4, -0.2) is 50.7 Å². The number of carbonyl (C=O) groups excluding carboxylic acids is 2. The zero-order valence-corrected chi connectivity index (χ0v) is 15.8. The number of amides is 2. The van der Waals surface area contributed by atoms with E-state index in [1.54, 1.807) is 20.8 Å². The molecule has 0 aromatic heterocycles. The third-order valence-corrected chi connectivity index (χ3v) is 3.83. The average molecular weight is 403 g/mol. The number of carbonyl (C=O) groups is 2. The van der Waals surface area contributed by atoms with Gasteiger partial charge in [0.1, 0.15) is 0 Å². The summed E-state index contributed by atoms with van der Waals surface area (Å²) in [7, 11) is 0. The summed E-state index contributed by atoms with van der Waals surface area (Å²) in [5, 5.41) is 14.2. The average Bonchev–Trinajstić information content (AvgIpc) is 2.50. The predicted octanol–water partition coefficient (Wildman–Crippen LogP) is 1.77. The molecule has 24 heavy (non-hydrogen) atoms. The summed E-state index contributed by atoms with van der Waals surface area (Å²) < 4.78 is 9.24. The van der Waals surface area contributed by atoms with Gasteiger partial charge < -0.3 is 0 Å². The van der Waals surface area contributed by atoms with Crippen molar-refractivity contribution < 1.29 is 23.6 Å². The van der Waals surface area contributed by atoms with Gasteiger partial charge in [0.15, 0.2) is 0 Å².